The molecular weight excluding hydrogens is 162 g/mol. The van der Waals surface area contributed by atoms with Crippen molar-refractivity contribution in [3.8, 4) is 0 Å². The second kappa shape index (κ2) is 2.84. The van der Waals surface area contributed by atoms with Gasteiger partial charge in [-0.3, -0.25) is 0 Å². The van der Waals surface area contributed by atoms with E-state index in [-0.39, 0.29) is 0 Å². The molecule has 0 aliphatic carbocycles. The summed E-state index contributed by atoms with van der Waals surface area (Å²) in [5.41, 5.74) is 0. The predicted molar refractivity (Wildman–Crippen MR) is 50.6 cm³/mol. The van der Waals surface area contributed by atoms with Crippen LogP contribution in [0.25, 0.3) is 0 Å². The molecule has 0 spiro atoms. The second-order valence-corrected chi connectivity index (χ2v) is 4.08. The lowest BCUT2D eigenvalue weighted by Crippen LogP contribution is -2.44. The zero-order valence-electron chi connectivity index (χ0n) is 7.74. The summed E-state index contributed by atoms with van der Waals surface area (Å²) in [6, 6.07) is 0.698. The fraction of sp³-hybridized carbons (Fsp3) is 0.700. The van der Waals surface area contributed by atoms with Crippen molar-refractivity contribution in [3.05, 3.63) is 18.2 Å². The smallest absolute Gasteiger partial charge is 0.113 e. The number of fused-ring (bicyclic) bond motifs is 3. The predicted octanol–water partition coefficient (Wildman–Crippen LogP) is 1.12. The van der Waals surface area contributed by atoms with Crippen LogP contribution < -0.4 is 5.32 Å². The summed E-state index contributed by atoms with van der Waals surface area (Å²) in [4.78, 5) is 4.46. The Morgan fingerprint density at radius 1 is 1.46 bits per heavy atom. The molecule has 3 heteroatoms. The van der Waals surface area contributed by atoms with Crippen LogP contribution in [0.4, 0.5) is 0 Å². The fourth-order valence-electron chi connectivity index (χ4n) is 2.68. The third-order valence-corrected chi connectivity index (χ3v) is 3.34. The van der Waals surface area contributed by atoms with Crippen molar-refractivity contribution in [1.82, 2.24) is 14.9 Å². The van der Waals surface area contributed by atoms with E-state index in [1.165, 1.54) is 31.6 Å². The lowest BCUT2D eigenvalue weighted by atomic mass is 9.86. The first-order valence-electron chi connectivity index (χ1n) is 5.19. The van der Waals surface area contributed by atoms with E-state index < -0.39 is 0 Å². The van der Waals surface area contributed by atoms with Crippen molar-refractivity contribution in [1.29, 1.82) is 0 Å². The van der Waals surface area contributed by atoms with E-state index in [9.17, 15) is 0 Å². The second-order valence-electron chi connectivity index (χ2n) is 4.08. The highest BCUT2D eigenvalue weighted by Gasteiger charge is 2.32. The van der Waals surface area contributed by atoms with Crippen LogP contribution in [0.3, 0.4) is 0 Å². The number of hydrogen-bond acceptors (Lipinski definition) is 2. The Balaban J connectivity index is 1.97. The highest BCUT2D eigenvalue weighted by Crippen LogP contribution is 2.32. The van der Waals surface area contributed by atoms with Gasteiger partial charge in [-0.2, -0.15) is 0 Å². The number of imidazole rings is 1. The first kappa shape index (κ1) is 7.56. The topological polar surface area (TPSA) is 29.9 Å². The Hall–Kier alpha value is -0.830. The number of nitrogens with zero attached hydrogens (tertiary/aromatic N) is 2. The van der Waals surface area contributed by atoms with Crippen molar-refractivity contribution >= 4 is 0 Å². The third-order valence-electron chi connectivity index (χ3n) is 3.34. The van der Waals surface area contributed by atoms with E-state index in [0.29, 0.717) is 12.0 Å². The van der Waals surface area contributed by atoms with Crippen molar-refractivity contribution < 1.29 is 0 Å². The van der Waals surface area contributed by atoms with Gasteiger partial charge in [0.2, 0.25) is 0 Å². The fourth-order valence-corrected chi connectivity index (χ4v) is 2.68. The van der Waals surface area contributed by atoms with Gasteiger partial charge in [0.25, 0.3) is 0 Å². The summed E-state index contributed by atoms with van der Waals surface area (Å²) >= 11 is 0. The molecule has 2 atom stereocenters. The van der Waals surface area contributed by atoms with Gasteiger partial charge in [-0.15, -0.1) is 0 Å². The van der Waals surface area contributed by atoms with Crippen LogP contribution in [0.5, 0.6) is 0 Å². The molecule has 0 aromatic carbocycles. The van der Waals surface area contributed by atoms with Gasteiger partial charge in [0, 0.05) is 30.9 Å². The molecule has 1 fully saturated rings. The monoisotopic (exact) mass is 177 g/mol. The van der Waals surface area contributed by atoms with Crippen molar-refractivity contribution in [2.45, 2.75) is 37.8 Å². The van der Waals surface area contributed by atoms with Gasteiger partial charge in [0.15, 0.2) is 0 Å². The molecule has 0 radical (unpaired) electrons. The number of aromatic nitrogens is 2. The quantitative estimate of drug-likeness (QED) is 0.643. The van der Waals surface area contributed by atoms with E-state index in [1.807, 2.05) is 6.20 Å². The molecule has 1 aromatic rings. The number of piperidine rings is 1. The maximum atomic E-state index is 4.46. The van der Waals surface area contributed by atoms with Crippen molar-refractivity contribution in [3.63, 3.8) is 0 Å². The molecule has 2 aliphatic rings. The van der Waals surface area contributed by atoms with E-state index >= 15 is 0 Å². The van der Waals surface area contributed by atoms with Gasteiger partial charge in [-0.05, 0) is 25.8 Å². The largest absolute Gasteiger partial charge is 0.335 e. The summed E-state index contributed by atoms with van der Waals surface area (Å²) in [6.45, 7) is 2.34. The molecule has 13 heavy (non-hydrogen) atoms. The Morgan fingerprint density at radius 3 is 3.46 bits per heavy atom. The number of hydrogen-bond donors (Lipinski definition) is 1. The number of nitrogens with one attached hydrogen (secondary N) is 1. The normalized spacial score (nSPS) is 32.3. The van der Waals surface area contributed by atoms with Gasteiger partial charge >= 0.3 is 0 Å². The Bertz CT molecular complexity index is 305. The SMILES string of the molecule is c1cn2c(n1)C1CCCNC1CC2. The van der Waals surface area contributed by atoms with Crippen LogP contribution in [0.2, 0.25) is 0 Å². The Morgan fingerprint density at radius 2 is 2.46 bits per heavy atom. The van der Waals surface area contributed by atoms with Crippen molar-refractivity contribution in [2.75, 3.05) is 6.54 Å². The molecule has 1 aromatic heterocycles. The minimum atomic E-state index is 0.678. The average Bonchev–Trinajstić information content (AvgIpc) is 2.65. The highest BCUT2D eigenvalue weighted by molar-refractivity contribution is 5.09. The molecule has 3 rings (SSSR count). The van der Waals surface area contributed by atoms with Gasteiger partial charge in [-0.1, -0.05) is 0 Å². The third kappa shape index (κ3) is 1.10. The van der Waals surface area contributed by atoms with Crippen LogP contribution in [0.15, 0.2) is 12.4 Å². The van der Waals surface area contributed by atoms with Crippen LogP contribution in [0, 0.1) is 0 Å². The van der Waals surface area contributed by atoms with Crippen LogP contribution in [-0.2, 0) is 6.54 Å². The van der Waals surface area contributed by atoms with Gasteiger partial charge in [0.1, 0.15) is 5.82 Å². The van der Waals surface area contributed by atoms with Gasteiger partial charge < -0.3 is 9.88 Å². The first-order valence-corrected chi connectivity index (χ1v) is 5.19. The minimum Gasteiger partial charge on any atom is -0.335 e. The molecule has 0 amide bonds. The molecular formula is C10H15N3. The average molecular weight is 177 g/mol. The number of rotatable bonds is 0. The van der Waals surface area contributed by atoms with Crippen LogP contribution in [0.1, 0.15) is 31.0 Å². The zero-order valence-corrected chi connectivity index (χ0v) is 7.74. The van der Waals surface area contributed by atoms with Crippen molar-refractivity contribution in [2.24, 2.45) is 0 Å². The zero-order chi connectivity index (χ0) is 8.67. The van der Waals surface area contributed by atoms with Gasteiger partial charge in [-0.25, -0.2) is 4.98 Å². The van der Waals surface area contributed by atoms with Gasteiger partial charge in [0.05, 0.1) is 0 Å². The standard InChI is InChI=1S/C10H15N3/c1-2-8-9(11-4-1)3-6-13-7-5-12-10(8)13/h5,7-9,11H,1-4,6H2. The molecule has 0 saturated carbocycles. The van der Waals surface area contributed by atoms with E-state index in [4.69, 9.17) is 0 Å². The molecule has 3 heterocycles. The summed E-state index contributed by atoms with van der Waals surface area (Å²) in [5.74, 6) is 1.99. The van der Waals surface area contributed by atoms with Crippen LogP contribution >= 0.6 is 0 Å². The molecule has 2 unspecified atom stereocenters. The Kier molecular flexibility index (Phi) is 1.65. The summed E-state index contributed by atoms with van der Waals surface area (Å²) in [6.07, 6.45) is 7.93. The van der Waals surface area contributed by atoms with E-state index in [0.717, 1.165) is 6.54 Å². The molecule has 3 nitrogen and oxygen atoms in total. The lowest BCUT2D eigenvalue weighted by molar-refractivity contribution is 0.277. The summed E-state index contributed by atoms with van der Waals surface area (Å²) < 4.78 is 2.31. The number of aryl methyl sites for hydroxylation is 1. The molecule has 0 bridgehead atoms. The maximum Gasteiger partial charge on any atom is 0.113 e. The lowest BCUT2D eigenvalue weighted by Gasteiger charge is -2.36. The molecule has 1 saturated heterocycles. The maximum absolute atomic E-state index is 4.46. The van der Waals surface area contributed by atoms with E-state index in [2.05, 4.69) is 21.1 Å². The Labute approximate surface area is 78.2 Å². The molecule has 1 N–H and O–H groups in total. The minimum absolute atomic E-state index is 0.678. The first-order chi connectivity index (χ1) is 6.45. The molecule has 2 aliphatic heterocycles. The summed E-state index contributed by atoms with van der Waals surface area (Å²) in [5, 5.41) is 3.60. The molecule has 70 valence electrons. The van der Waals surface area contributed by atoms with E-state index in [1.54, 1.807) is 0 Å². The summed E-state index contributed by atoms with van der Waals surface area (Å²) in [7, 11) is 0. The highest BCUT2D eigenvalue weighted by atomic mass is 15.1. The van der Waals surface area contributed by atoms with Crippen LogP contribution in [-0.4, -0.2) is 22.1 Å².